The molecule has 1 saturated carbocycles. The molecule has 2 aromatic rings. The molecule has 1 unspecified atom stereocenters. The van der Waals surface area contributed by atoms with E-state index in [4.69, 9.17) is 0 Å². The summed E-state index contributed by atoms with van der Waals surface area (Å²) in [5.41, 5.74) is 4.55. The summed E-state index contributed by atoms with van der Waals surface area (Å²) in [4.78, 5) is 0. The van der Waals surface area contributed by atoms with Crippen molar-refractivity contribution in [2.75, 3.05) is 13.1 Å². The Morgan fingerprint density at radius 2 is 1.92 bits per heavy atom. The van der Waals surface area contributed by atoms with E-state index in [1.165, 1.54) is 48.8 Å². The second-order valence-corrected chi connectivity index (χ2v) is 8.30. The summed E-state index contributed by atoms with van der Waals surface area (Å²) in [5.74, 6) is 0.433. The number of fused-ring (bicyclic) bond motifs is 1. The van der Waals surface area contributed by atoms with E-state index in [2.05, 4.69) is 52.5 Å². The van der Waals surface area contributed by atoms with E-state index in [0.717, 1.165) is 26.1 Å². The second kappa shape index (κ2) is 6.40. The first kappa shape index (κ1) is 16.3. The monoisotopic (exact) mass is 348 g/mol. The molecule has 3 aliphatic rings. The molecular weight excluding hydrogens is 320 g/mol. The van der Waals surface area contributed by atoms with Gasteiger partial charge in [-0.25, -0.2) is 10.0 Å². The summed E-state index contributed by atoms with van der Waals surface area (Å²) in [6.45, 7) is 3.24. The van der Waals surface area contributed by atoms with Crippen molar-refractivity contribution in [1.29, 1.82) is 0 Å². The summed E-state index contributed by atoms with van der Waals surface area (Å²) in [5, 5.41) is 15.4. The van der Waals surface area contributed by atoms with Gasteiger partial charge in [-0.1, -0.05) is 49.2 Å². The third-order valence-electron chi connectivity index (χ3n) is 6.99. The Balaban J connectivity index is 1.45. The standard InChI is InChI=1S/C23H28N2O/c26-20-10-9-19-17-25-22-8-4-5-12-23(22,21(19)16-20)13-15-24(25)14-11-18-6-2-1-3-7-18/h1-3,6-7,9-10,16,22,26H,4-5,8,11-15,17H2/t22-,23+/m1/s1. The van der Waals surface area contributed by atoms with Gasteiger partial charge >= 0.3 is 0 Å². The first-order valence-electron chi connectivity index (χ1n) is 10.1. The molecule has 0 aromatic heterocycles. The number of nitrogens with zero attached hydrogens (tertiary/aromatic N) is 2. The van der Waals surface area contributed by atoms with Crippen LogP contribution in [0, 0.1) is 0 Å². The third kappa shape index (κ3) is 2.57. The van der Waals surface area contributed by atoms with Crippen molar-refractivity contribution in [2.24, 2.45) is 0 Å². The van der Waals surface area contributed by atoms with E-state index >= 15 is 0 Å². The Morgan fingerprint density at radius 1 is 1.04 bits per heavy atom. The minimum Gasteiger partial charge on any atom is -0.508 e. The quantitative estimate of drug-likeness (QED) is 0.898. The van der Waals surface area contributed by atoms with Crippen LogP contribution < -0.4 is 0 Å². The molecule has 2 bridgehead atoms. The van der Waals surface area contributed by atoms with Crippen LogP contribution in [-0.4, -0.2) is 34.3 Å². The molecule has 26 heavy (non-hydrogen) atoms. The molecule has 3 atom stereocenters. The predicted octanol–water partition coefficient (Wildman–Crippen LogP) is 4.25. The molecule has 5 rings (SSSR count). The van der Waals surface area contributed by atoms with Gasteiger partial charge in [-0.3, -0.25) is 0 Å². The first-order valence-corrected chi connectivity index (χ1v) is 10.1. The fourth-order valence-electron chi connectivity index (χ4n) is 5.74. The zero-order valence-electron chi connectivity index (χ0n) is 15.4. The van der Waals surface area contributed by atoms with Crippen LogP contribution in [0.15, 0.2) is 48.5 Å². The van der Waals surface area contributed by atoms with Crippen molar-refractivity contribution in [1.82, 2.24) is 10.0 Å². The van der Waals surface area contributed by atoms with Gasteiger partial charge in [-0.2, -0.15) is 0 Å². The number of aromatic hydroxyl groups is 1. The lowest BCUT2D eigenvalue weighted by Crippen LogP contribution is -2.66. The molecule has 1 aliphatic carbocycles. The zero-order valence-corrected chi connectivity index (χ0v) is 15.4. The summed E-state index contributed by atoms with van der Waals surface area (Å²) in [6, 6.07) is 17.6. The Labute approximate surface area is 156 Å². The predicted molar refractivity (Wildman–Crippen MR) is 104 cm³/mol. The molecule has 2 fully saturated rings. The summed E-state index contributed by atoms with van der Waals surface area (Å²) >= 11 is 0. The molecule has 0 amide bonds. The SMILES string of the molecule is Oc1ccc2c(c1)[C@@]13CCCC[C@H]1N(C2)N(CCc1ccccc1)CC3. The molecular formula is C23H28N2O. The molecule has 0 radical (unpaired) electrons. The maximum absolute atomic E-state index is 10.1. The van der Waals surface area contributed by atoms with Crippen LogP contribution in [-0.2, 0) is 18.4 Å². The molecule has 1 saturated heterocycles. The normalized spacial score (nSPS) is 30.5. The number of hydrogen-bond acceptors (Lipinski definition) is 3. The van der Waals surface area contributed by atoms with Crippen molar-refractivity contribution in [2.45, 2.75) is 56.5 Å². The fourth-order valence-corrected chi connectivity index (χ4v) is 5.74. The minimum atomic E-state index is 0.258. The highest BCUT2D eigenvalue weighted by molar-refractivity contribution is 5.44. The van der Waals surface area contributed by atoms with Crippen LogP contribution in [0.5, 0.6) is 5.75 Å². The van der Waals surface area contributed by atoms with Crippen LogP contribution in [0.25, 0.3) is 0 Å². The van der Waals surface area contributed by atoms with E-state index in [-0.39, 0.29) is 5.41 Å². The Kier molecular flexibility index (Phi) is 4.02. The highest BCUT2D eigenvalue weighted by Gasteiger charge is 2.52. The second-order valence-electron chi connectivity index (χ2n) is 8.30. The Hall–Kier alpha value is -1.84. The minimum absolute atomic E-state index is 0.258. The molecule has 1 N–H and O–H groups in total. The zero-order chi connectivity index (χ0) is 17.6. The third-order valence-corrected chi connectivity index (χ3v) is 6.99. The molecule has 2 aromatic carbocycles. The maximum atomic E-state index is 10.1. The van der Waals surface area contributed by atoms with Crippen molar-refractivity contribution in [3.8, 4) is 5.75 Å². The van der Waals surface area contributed by atoms with Crippen LogP contribution >= 0.6 is 0 Å². The lowest BCUT2D eigenvalue weighted by molar-refractivity contribution is -0.152. The van der Waals surface area contributed by atoms with Gasteiger partial charge in [-0.15, -0.1) is 0 Å². The van der Waals surface area contributed by atoms with E-state index in [1.54, 1.807) is 0 Å². The maximum Gasteiger partial charge on any atom is 0.115 e. The van der Waals surface area contributed by atoms with E-state index in [1.807, 2.05) is 6.07 Å². The van der Waals surface area contributed by atoms with E-state index in [9.17, 15) is 5.11 Å². The molecule has 2 heterocycles. The van der Waals surface area contributed by atoms with Gasteiger partial charge in [0.05, 0.1) is 0 Å². The Morgan fingerprint density at radius 3 is 2.81 bits per heavy atom. The van der Waals surface area contributed by atoms with Crippen molar-refractivity contribution >= 4 is 0 Å². The van der Waals surface area contributed by atoms with Gasteiger partial charge in [0.15, 0.2) is 0 Å². The largest absolute Gasteiger partial charge is 0.508 e. The number of phenolic OH excluding ortho intramolecular Hbond substituents is 1. The highest BCUT2D eigenvalue weighted by Crippen LogP contribution is 2.52. The highest BCUT2D eigenvalue weighted by atomic mass is 16.3. The van der Waals surface area contributed by atoms with Gasteiger partial charge in [0.1, 0.15) is 5.75 Å². The molecule has 3 nitrogen and oxygen atoms in total. The fraction of sp³-hybridized carbons (Fsp3) is 0.478. The van der Waals surface area contributed by atoms with Crippen molar-refractivity contribution < 1.29 is 5.11 Å². The number of phenols is 1. The number of rotatable bonds is 3. The van der Waals surface area contributed by atoms with E-state index < -0.39 is 0 Å². The van der Waals surface area contributed by atoms with Gasteiger partial charge in [0.2, 0.25) is 0 Å². The summed E-state index contributed by atoms with van der Waals surface area (Å²) in [7, 11) is 0. The number of hydrazine groups is 1. The van der Waals surface area contributed by atoms with Gasteiger partial charge in [0.25, 0.3) is 0 Å². The average Bonchev–Trinajstić information content (AvgIpc) is 2.69. The smallest absolute Gasteiger partial charge is 0.115 e. The van der Waals surface area contributed by atoms with Gasteiger partial charge in [-0.05, 0) is 54.5 Å². The number of hydrogen-bond donors (Lipinski definition) is 1. The lowest BCUT2D eigenvalue weighted by Gasteiger charge is -2.60. The van der Waals surface area contributed by atoms with E-state index in [0.29, 0.717) is 11.8 Å². The van der Waals surface area contributed by atoms with Crippen LogP contribution in [0.2, 0.25) is 0 Å². The number of benzene rings is 2. The molecule has 3 heteroatoms. The summed E-state index contributed by atoms with van der Waals surface area (Å²) < 4.78 is 0. The van der Waals surface area contributed by atoms with Crippen molar-refractivity contribution in [3.05, 3.63) is 65.2 Å². The lowest BCUT2D eigenvalue weighted by atomic mass is 9.60. The summed E-state index contributed by atoms with van der Waals surface area (Å²) in [6.07, 6.45) is 7.56. The molecule has 0 spiro atoms. The van der Waals surface area contributed by atoms with Crippen LogP contribution in [0.4, 0.5) is 0 Å². The van der Waals surface area contributed by atoms with Gasteiger partial charge < -0.3 is 5.11 Å². The molecule has 136 valence electrons. The van der Waals surface area contributed by atoms with Crippen molar-refractivity contribution in [3.63, 3.8) is 0 Å². The average molecular weight is 348 g/mol. The Bertz CT molecular complexity index is 790. The molecule has 2 aliphatic heterocycles. The topological polar surface area (TPSA) is 26.7 Å². The van der Waals surface area contributed by atoms with Gasteiger partial charge in [0, 0.05) is 31.1 Å². The van der Waals surface area contributed by atoms with Crippen LogP contribution in [0.3, 0.4) is 0 Å². The van der Waals surface area contributed by atoms with Crippen LogP contribution in [0.1, 0.15) is 48.8 Å². The first-order chi connectivity index (χ1) is 12.8.